The van der Waals surface area contributed by atoms with Crippen molar-refractivity contribution >= 4 is 0 Å². The Labute approximate surface area is 123 Å². The van der Waals surface area contributed by atoms with Gasteiger partial charge in [0.1, 0.15) is 5.72 Å². The number of hydrogen-bond acceptors (Lipinski definition) is 2. The zero-order valence-electron chi connectivity index (χ0n) is 13.4. The first-order chi connectivity index (χ1) is 9.57. The number of rotatable bonds is 8. The van der Waals surface area contributed by atoms with E-state index >= 15 is 0 Å². The molecule has 1 saturated carbocycles. The lowest BCUT2D eigenvalue weighted by atomic mass is 9.89. The summed E-state index contributed by atoms with van der Waals surface area (Å²) < 4.78 is 5.93. The van der Waals surface area contributed by atoms with Crippen molar-refractivity contribution in [1.82, 2.24) is 5.32 Å². The molecule has 0 bridgehead atoms. The van der Waals surface area contributed by atoms with Crippen LogP contribution in [0.25, 0.3) is 0 Å². The molecule has 0 saturated heterocycles. The topological polar surface area (TPSA) is 21.3 Å². The molecule has 2 unspecified atom stereocenters. The molecule has 112 valence electrons. The first-order valence-electron chi connectivity index (χ1n) is 7.94. The van der Waals surface area contributed by atoms with Gasteiger partial charge in [-0.1, -0.05) is 50.1 Å². The van der Waals surface area contributed by atoms with Crippen LogP contribution >= 0.6 is 0 Å². The van der Waals surface area contributed by atoms with Crippen molar-refractivity contribution in [2.24, 2.45) is 5.41 Å². The smallest absolute Gasteiger partial charge is 0.125 e. The molecule has 2 heteroatoms. The lowest BCUT2D eigenvalue weighted by molar-refractivity contribution is 0.00248. The number of hydrogen-bond donors (Lipinski definition) is 1. The Hall–Kier alpha value is -0.860. The van der Waals surface area contributed by atoms with E-state index in [2.05, 4.69) is 56.4 Å². The van der Waals surface area contributed by atoms with Crippen molar-refractivity contribution in [3.63, 3.8) is 0 Å². The van der Waals surface area contributed by atoms with E-state index in [1.165, 1.54) is 24.8 Å². The Bertz CT molecular complexity index is 417. The minimum absolute atomic E-state index is 0.119. The highest BCUT2D eigenvalue weighted by Gasteiger charge is 2.67. The van der Waals surface area contributed by atoms with Gasteiger partial charge in [-0.15, -0.1) is 0 Å². The third kappa shape index (κ3) is 3.07. The summed E-state index contributed by atoms with van der Waals surface area (Å²) in [6.45, 7) is 6.67. The van der Waals surface area contributed by atoms with Gasteiger partial charge in [0.05, 0.1) is 0 Å². The molecule has 1 fully saturated rings. The van der Waals surface area contributed by atoms with Crippen LogP contribution in [0.4, 0.5) is 0 Å². The molecule has 2 atom stereocenters. The molecule has 0 aromatic heterocycles. The summed E-state index contributed by atoms with van der Waals surface area (Å²) in [5.74, 6) is 0. The lowest BCUT2D eigenvalue weighted by Gasteiger charge is -2.28. The molecule has 20 heavy (non-hydrogen) atoms. The van der Waals surface area contributed by atoms with E-state index in [0.29, 0.717) is 6.04 Å². The largest absolute Gasteiger partial charge is 0.363 e. The highest BCUT2D eigenvalue weighted by Crippen LogP contribution is 2.61. The van der Waals surface area contributed by atoms with Crippen molar-refractivity contribution in [3.8, 4) is 0 Å². The minimum atomic E-state index is -0.119. The predicted molar refractivity (Wildman–Crippen MR) is 84.7 cm³/mol. The summed E-state index contributed by atoms with van der Waals surface area (Å²) in [5, 5.41) is 3.68. The van der Waals surface area contributed by atoms with E-state index in [9.17, 15) is 0 Å². The zero-order valence-corrected chi connectivity index (χ0v) is 13.4. The van der Waals surface area contributed by atoms with Crippen molar-refractivity contribution in [3.05, 3.63) is 35.9 Å². The van der Waals surface area contributed by atoms with Gasteiger partial charge in [-0.2, -0.15) is 0 Å². The van der Waals surface area contributed by atoms with Crippen LogP contribution in [-0.2, 0) is 11.2 Å². The van der Waals surface area contributed by atoms with Gasteiger partial charge < -0.3 is 4.74 Å². The second-order valence-electron chi connectivity index (χ2n) is 6.55. The number of benzene rings is 1. The van der Waals surface area contributed by atoms with Crippen molar-refractivity contribution in [2.45, 2.75) is 64.6 Å². The Balaban J connectivity index is 2.16. The predicted octanol–water partition coefficient (Wildman–Crippen LogP) is 4.15. The summed E-state index contributed by atoms with van der Waals surface area (Å²) in [5.41, 5.74) is 1.57. The zero-order chi connectivity index (χ0) is 14.6. The van der Waals surface area contributed by atoms with Gasteiger partial charge in [0.2, 0.25) is 0 Å². The Kier molecular flexibility index (Phi) is 4.87. The number of methoxy groups -OCH3 is 1. The molecular weight excluding hydrogens is 246 g/mol. The lowest BCUT2D eigenvalue weighted by Crippen LogP contribution is -2.43. The van der Waals surface area contributed by atoms with Crippen molar-refractivity contribution in [1.29, 1.82) is 0 Å². The van der Waals surface area contributed by atoms with Gasteiger partial charge in [0.25, 0.3) is 0 Å². The molecule has 0 radical (unpaired) electrons. The molecule has 0 spiro atoms. The fraction of sp³-hybridized carbons (Fsp3) is 0.667. The standard InChI is InChI=1S/C18H29NO/c1-5-6-12-17(13-16-10-8-7-9-11-16)14-18(17,20-4)19-15(2)3/h7-11,15,19H,5-6,12-14H2,1-4H3. The number of ether oxygens (including phenoxy) is 1. The summed E-state index contributed by atoms with van der Waals surface area (Å²) in [6.07, 6.45) is 6.01. The van der Waals surface area contributed by atoms with E-state index in [-0.39, 0.29) is 11.1 Å². The maximum atomic E-state index is 5.93. The van der Waals surface area contributed by atoms with Gasteiger partial charge in [-0.25, -0.2) is 0 Å². The molecule has 0 heterocycles. The summed E-state index contributed by atoms with van der Waals surface area (Å²) in [7, 11) is 1.86. The monoisotopic (exact) mass is 275 g/mol. The van der Waals surface area contributed by atoms with E-state index in [1.807, 2.05) is 7.11 Å². The number of nitrogens with one attached hydrogen (secondary N) is 1. The van der Waals surface area contributed by atoms with Crippen molar-refractivity contribution in [2.75, 3.05) is 7.11 Å². The molecule has 1 aromatic carbocycles. The second kappa shape index (κ2) is 6.28. The molecule has 2 nitrogen and oxygen atoms in total. The molecule has 1 aromatic rings. The highest BCUT2D eigenvalue weighted by atomic mass is 16.5. The maximum Gasteiger partial charge on any atom is 0.125 e. The molecule has 0 aliphatic heterocycles. The minimum Gasteiger partial charge on any atom is -0.363 e. The third-order valence-corrected chi connectivity index (χ3v) is 4.58. The van der Waals surface area contributed by atoms with Crippen LogP contribution in [0, 0.1) is 5.41 Å². The first-order valence-corrected chi connectivity index (χ1v) is 7.94. The summed E-state index contributed by atoms with van der Waals surface area (Å²) >= 11 is 0. The Morgan fingerprint density at radius 3 is 2.50 bits per heavy atom. The van der Waals surface area contributed by atoms with E-state index < -0.39 is 0 Å². The van der Waals surface area contributed by atoms with E-state index in [4.69, 9.17) is 4.74 Å². The molecule has 2 rings (SSSR count). The van der Waals surface area contributed by atoms with Crippen LogP contribution in [0.1, 0.15) is 52.0 Å². The summed E-state index contributed by atoms with van der Waals surface area (Å²) in [6, 6.07) is 11.3. The third-order valence-electron chi connectivity index (χ3n) is 4.58. The van der Waals surface area contributed by atoms with E-state index in [0.717, 1.165) is 12.8 Å². The van der Waals surface area contributed by atoms with Crippen LogP contribution in [0.3, 0.4) is 0 Å². The van der Waals surface area contributed by atoms with Gasteiger partial charge in [0.15, 0.2) is 0 Å². The fourth-order valence-corrected chi connectivity index (χ4v) is 3.54. The van der Waals surface area contributed by atoms with Gasteiger partial charge >= 0.3 is 0 Å². The van der Waals surface area contributed by atoms with E-state index in [1.54, 1.807) is 0 Å². The van der Waals surface area contributed by atoms with Crippen LogP contribution < -0.4 is 5.32 Å². The molecule has 1 N–H and O–H groups in total. The average Bonchev–Trinajstić information content (AvgIpc) is 3.04. The SMILES string of the molecule is CCCCC1(Cc2ccccc2)CC1(NC(C)C)OC. The molecule has 1 aliphatic carbocycles. The normalized spacial score (nSPS) is 28.9. The number of unbranched alkanes of at least 4 members (excludes halogenated alkanes) is 1. The molecule has 1 aliphatic rings. The van der Waals surface area contributed by atoms with Gasteiger partial charge in [-0.05, 0) is 32.3 Å². The average molecular weight is 275 g/mol. The fourth-order valence-electron chi connectivity index (χ4n) is 3.54. The molecule has 0 amide bonds. The Morgan fingerprint density at radius 1 is 1.25 bits per heavy atom. The molecular formula is C18H29NO. The van der Waals surface area contributed by atoms with Crippen LogP contribution in [-0.4, -0.2) is 18.9 Å². The maximum absolute atomic E-state index is 5.93. The van der Waals surface area contributed by atoms with Crippen LogP contribution in [0.15, 0.2) is 30.3 Å². The van der Waals surface area contributed by atoms with Crippen LogP contribution in [0.2, 0.25) is 0 Å². The second-order valence-corrected chi connectivity index (χ2v) is 6.55. The highest BCUT2D eigenvalue weighted by molar-refractivity contribution is 5.25. The van der Waals surface area contributed by atoms with Crippen LogP contribution in [0.5, 0.6) is 0 Å². The summed E-state index contributed by atoms with van der Waals surface area (Å²) in [4.78, 5) is 0. The van der Waals surface area contributed by atoms with Gasteiger partial charge in [-0.3, -0.25) is 5.32 Å². The Morgan fingerprint density at radius 2 is 1.95 bits per heavy atom. The quantitative estimate of drug-likeness (QED) is 0.720. The first kappa shape index (κ1) is 15.5. The van der Waals surface area contributed by atoms with Crippen molar-refractivity contribution < 1.29 is 4.74 Å². The van der Waals surface area contributed by atoms with Gasteiger partial charge in [0, 0.05) is 25.0 Å².